The van der Waals surface area contributed by atoms with Crippen LogP contribution in [-0.2, 0) is 16.0 Å². The molecule has 1 atom stereocenters. The van der Waals surface area contributed by atoms with Crippen molar-refractivity contribution in [3.63, 3.8) is 0 Å². The number of rotatable bonds is 3. The Morgan fingerprint density at radius 3 is 2.89 bits per heavy atom. The van der Waals surface area contributed by atoms with Crippen LogP contribution < -0.4 is 0 Å². The molecule has 1 aliphatic rings. The number of amides is 1. The molecule has 0 N–H and O–H groups in total. The lowest BCUT2D eigenvalue weighted by molar-refractivity contribution is -0.145. The number of hydrogen-bond acceptors (Lipinski definition) is 4. The standard InChI is InChI=1S/C13H17NO4/c1-3-9-6-7-11(18-9)12(15)14-8-4-5-10(14)13(16)17-2/h6-7,10H,3-5,8H2,1-2H3. The van der Waals surface area contributed by atoms with Crippen LogP contribution in [0.3, 0.4) is 0 Å². The van der Waals surface area contributed by atoms with Gasteiger partial charge >= 0.3 is 5.97 Å². The van der Waals surface area contributed by atoms with Crippen molar-refractivity contribution >= 4 is 11.9 Å². The Bertz CT molecular complexity index is 452. The van der Waals surface area contributed by atoms with Gasteiger partial charge < -0.3 is 14.1 Å². The predicted octanol–water partition coefficient (Wildman–Crippen LogP) is 1.62. The van der Waals surface area contributed by atoms with Gasteiger partial charge in [0.15, 0.2) is 5.76 Å². The lowest BCUT2D eigenvalue weighted by atomic mass is 10.2. The number of methoxy groups -OCH3 is 1. The van der Waals surface area contributed by atoms with Crippen molar-refractivity contribution in [3.05, 3.63) is 23.7 Å². The summed E-state index contributed by atoms with van der Waals surface area (Å²) in [7, 11) is 1.34. The minimum absolute atomic E-state index is 0.234. The van der Waals surface area contributed by atoms with E-state index in [1.54, 1.807) is 12.1 Å². The highest BCUT2D eigenvalue weighted by Crippen LogP contribution is 2.22. The highest BCUT2D eigenvalue weighted by molar-refractivity contribution is 5.95. The highest BCUT2D eigenvalue weighted by Gasteiger charge is 2.36. The summed E-state index contributed by atoms with van der Waals surface area (Å²) >= 11 is 0. The lowest BCUT2D eigenvalue weighted by Crippen LogP contribution is -2.40. The number of likely N-dealkylation sites (tertiary alicyclic amines) is 1. The number of carbonyl (C=O) groups excluding carboxylic acids is 2. The van der Waals surface area contributed by atoms with Crippen molar-refractivity contribution in [1.82, 2.24) is 4.90 Å². The number of aryl methyl sites for hydroxylation is 1. The number of nitrogens with zero attached hydrogens (tertiary/aromatic N) is 1. The molecule has 18 heavy (non-hydrogen) atoms. The second-order valence-corrected chi connectivity index (χ2v) is 4.30. The van der Waals surface area contributed by atoms with Crippen LogP contribution in [0.2, 0.25) is 0 Å². The Balaban J connectivity index is 2.15. The van der Waals surface area contributed by atoms with E-state index < -0.39 is 6.04 Å². The van der Waals surface area contributed by atoms with Gasteiger partial charge in [-0.3, -0.25) is 4.79 Å². The zero-order valence-corrected chi connectivity index (χ0v) is 10.6. The van der Waals surface area contributed by atoms with Crippen molar-refractivity contribution in [1.29, 1.82) is 0 Å². The van der Waals surface area contributed by atoms with Crippen molar-refractivity contribution in [2.75, 3.05) is 13.7 Å². The van der Waals surface area contributed by atoms with Crippen molar-refractivity contribution in [2.24, 2.45) is 0 Å². The molecule has 1 aromatic rings. The van der Waals surface area contributed by atoms with Gasteiger partial charge in [0.25, 0.3) is 5.91 Å². The van der Waals surface area contributed by atoms with Crippen LogP contribution in [0, 0.1) is 0 Å². The number of ether oxygens (including phenoxy) is 1. The number of hydrogen-bond donors (Lipinski definition) is 0. The smallest absolute Gasteiger partial charge is 0.328 e. The van der Waals surface area contributed by atoms with Gasteiger partial charge in [0.2, 0.25) is 0 Å². The largest absolute Gasteiger partial charge is 0.467 e. The van der Waals surface area contributed by atoms with E-state index in [1.165, 1.54) is 12.0 Å². The average Bonchev–Trinajstić information content (AvgIpc) is 3.05. The fourth-order valence-electron chi connectivity index (χ4n) is 2.22. The molecular formula is C13H17NO4. The molecule has 0 bridgehead atoms. The summed E-state index contributed by atoms with van der Waals surface area (Å²) in [5.41, 5.74) is 0. The summed E-state index contributed by atoms with van der Waals surface area (Å²) in [5.74, 6) is 0.473. The first kappa shape index (κ1) is 12.7. The van der Waals surface area contributed by atoms with Crippen LogP contribution in [0.4, 0.5) is 0 Å². The highest BCUT2D eigenvalue weighted by atomic mass is 16.5. The Kier molecular flexibility index (Phi) is 3.69. The topological polar surface area (TPSA) is 59.8 Å². The second kappa shape index (κ2) is 5.25. The van der Waals surface area contributed by atoms with Crippen molar-refractivity contribution < 1.29 is 18.7 Å². The van der Waals surface area contributed by atoms with Crippen LogP contribution in [0.1, 0.15) is 36.1 Å². The zero-order valence-electron chi connectivity index (χ0n) is 10.6. The van der Waals surface area contributed by atoms with Crippen molar-refractivity contribution in [2.45, 2.75) is 32.2 Å². The first-order valence-corrected chi connectivity index (χ1v) is 6.15. The Morgan fingerprint density at radius 2 is 2.28 bits per heavy atom. The first-order chi connectivity index (χ1) is 8.67. The van der Waals surface area contributed by atoms with Crippen LogP contribution in [0.15, 0.2) is 16.5 Å². The van der Waals surface area contributed by atoms with Crippen LogP contribution in [-0.4, -0.2) is 36.5 Å². The summed E-state index contributed by atoms with van der Waals surface area (Å²) in [6, 6.07) is 2.97. The summed E-state index contributed by atoms with van der Waals surface area (Å²) in [5, 5.41) is 0. The van der Waals surface area contributed by atoms with E-state index >= 15 is 0 Å². The van der Waals surface area contributed by atoms with E-state index in [0.29, 0.717) is 18.7 Å². The van der Waals surface area contributed by atoms with E-state index in [9.17, 15) is 9.59 Å². The summed E-state index contributed by atoms with van der Waals surface area (Å²) in [6.45, 7) is 2.53. The molecule has 5 nitrogen and oxygen atoms in total. The molecule has 0 saturated carbocycles. The molecule has 98 valence electrons. The minimum atomic E-state index is -0.474. The fourth-order valence-corrected chi connectivity index (χ4v) is 2.22. The van der Waals surface area contributed by atoms with Gasteiger partial charge in [0, 0.05) is 13.0 Å². The first-order valence-electron chi connectivity index (χ1n) is 6.15. The molecule has 0 radical (unpaired) electrons. The monoisotopic (exact) mass is 251 g/mol. The number of carbonyl (C=O) groups is 2. The maximum Gasteiger partial charge on any atom is 0.328 e. The van der Waals surface area contributed by atoms with Gasteiger partial charge in [0.05, 0.1) is 7.11 Å². The molecule has 1 aromatic heterocycles. The molecule has 1 unspecified atom stereocenters. The Hall–Kier alpha value is -1.78. The molecular weight excluding hydrogens is 234 g/mol. The van der Waals surface area contributed by atoms with Crippen LogP contribution in [0.5, 0.6) is 0 Å². The normalized spacial score (nSPS) is 19.0. The molecule has 2 heterocycles. The number of furan rings is 1. The average molecular weight is 251 g/mol. The lowest BCUT2D eigenvalue weighted by Gasteiger charge is -2.21. The summed E-state index contributed by atoms with van der Waals surface area (Å²) < 4.78 is 10.1. The van der Waals surface area contributed by atoms with Gasteiger partial charge in [-0.15, -0.1) is 0 Å². The fraction of sp³-hybridized carbons (Fsp3) is 0.538. The predicted molar refractivity (Wildman–Crippen MR) is 64.2 cm³/mol. The zero-order chi connectivity index (χ0) is 13.1. The third kappa shape index (κ3) is 2.25. The molecule has 1 amide bonds. The van der Waals surface area contributed by atoms with E-state index in [0.717, 1.165) is 18.6 Å². The van der Waals surface area contributed by atoms with Gasteiger partial charge in [-0.2, -0.15) is 0 Å². The molecule has 1 fully saturated rings. The number of esters is 1. The minimum Gasteiger partial charge on any atom is -0.467 e. The van der Waals surface area contributed by atoms with Crippen LogP contribution >= 0.6 is 0 Å². The molecule has 0 aliphatic carbocycles. The SMILES string of the molecule is CCc1ccc(C(=O)N2CCCC2C(=O)OC)o1. The molecule has 0 aromatic carbocycles. The molecule has 2 rings (SSSR count). The second-order valence-electron chi connectivity index (χ2n) is 4.30. The molecule has 5 heteroatoms. The quantitative estimate of drug-likeness (QED) is 0.766. The summed E-state index contributed by atoms with van der Waals surface area (Å²) in [6.07, 6.45) is 2.21. The van der Waals surface area contributed by atoms with Crippen LogP contribution in [0.25, 0.3) is 0 Å². The van der Waals surface area contributed by atoms with Gasteiger partial charge in [0.1, 0.15) is 11.8 Å². The van der Waals surface area contributed by atoms with E-state index in [4.69, 9.17) is 9.15 Å². The van der Waals surface area contributed by atoms with Gasteiger partial charge in [-0.1, -0.05) is 6.92 Å². The van der Waals surface area contributed by atoms with E-state index in [1.807, 2.05) is 6.92 Å². The third-order valence-electron chi connectivity index (χ3n) is 3.21. The molecule has 1 saturated heterocycles. The Labute approximate surface area is 106 Å². The van der Waals surface area contributed by atoms with Gasteiger partial charge in [-0.25, -0.2) is 4.79 Å². The molecule has 1 aliphatic heterocycles. The van der Waals surface area contributed by atoms with E-state index in [2.05, 4.69) is 0 Å². The maximum atomic E-state index is 12.2. The third-order valence-corrected chi connectivity index (χ3v) is 3.21. The Morgan fingerprint density at radius 1 is 1.50 bits per heavy atom. The van der Waals surface area contributed by atoms with E-state index in [-0.39, 0.29) is 11.9 Å². The van der Waals surface area contributed by atoms with Crippen molar-refractivity contribution in [3.8, 4) is 0 Å². The summed E-state index contributed by atoms with van der Waals surface area (Å²) in [4.78, 5) is 25.3. The van der Waals surface area contributed by atoms with Gasteiger partial charge in [-0.05, 0) is 25.0 Å². The molecule has 0 spiro atoms. The maximum absolute atomic E-state index is 12.2.